The molecule has 6 heteroatoms. The maximum Gasteiger partial charge on any atom is 0.105 e. The van der Waals surface area contributed by atoms with Crippen LogP contribution in [0.15, 0.2) is 27.4 Å². The van der Waals surface area contributed by atoms with E-state index in [-0.39, 0.29) is 6.04 Å². The zero-order valence-corrected chi connectivity index (χ0v) is 13.9. The van der Waals surface area contributed by atoms with E-state index in [0.29, 0.717) is 0 Å². The highest BCUT2D eigenvalue weighted by atomic mass is 79.9. The fraction of sp³-hybridized carbons (Fsp3) is 0.500. The normalized spacial score (nSPS) is 13.1. The number of nitrogens with zero attached hydrogens (tertiary/aromatic N) is 3. The molecule has 1 atom stereocenters. The van der Waals surface area contributed by atoms with Crippen molar-refractivity contribution in [3.8, 4) is 0 Å². The van der Waals surface area contributed by atoms with Crippen LogP contribution in [0.1, 0.15) is 23.1 Å². The second kappa shape index (κ2) is 6.56. The average Bonchev–Trinajstić information content (AvgIpc) is 2.97. The SMILES string of the molecule is CNC(c1ccoc1C)c1c(Br)cnn1CCN(C)C. The predicted molar refractivity (Wildman–Crippen MR) is 82.8 cm³/mol. The summed E-state index contributed by atoms with van der Waals surface area (Å²) in [4.78, 5) is 2.15. The fourth-order valence-corrected chi connectivity index (χ4v) is 2.79. The molecule has 0 aromatic carbocycles. The molecule has 1 unspecified atom stereocenters. The van der Waals surface area contributed by atoms with Gasteiger partial charge in [-0.25, -0.2) is 0 Å². The molecule has 0 bridgehead atoms. The van der Waals surface area contributed by atoms with Gasteiger partial charge in [0.1, 0.15) is 5.76 Å². The van der Waals surface area contributed by atoms with Crippen LogP contribution in [0.25, 0.3) is 0 Å². The molecule has 2 heterocycles. The lowest BCUT2D eigenvalue weighted by molar-refractivity contribution is 0.366. The number of aromatic nitrogens is 2. The highest BCUT2D eigenvalue weighted by Crippen LogP contribution is 2.30. The maximum absolute atomic E-state index is 5.43. The average molecular weight is 341 g/mol. The van der Waals surface area contributed by atoms with E-state index in [2.05, 4.69) is 45.3 Å². The molecule has 0 radical (unpaired) electrons. The fourth-order valence-electron chi connectivity index (χ4n) is 2.27. The minimum Gasteiger partial charge on any atom is -0.469 e. The summed E-state index contributed by atoms with van der Waals surface area (Å²) < 4.78 is 8.48. The summed E-state index contributed by atoms with van der Waals surface area (Å²) in [6.45, 7) is 3.78. The van der Waals surface area contributed by atoms with Crippen molar-refractivity contribution >= 4 is 15.9 Å². The molecule has 0 aliphatic rings. The molecule has 0 aliphatic heterocycles. The molecule has 2 aromatic heterocycles. The number of likely N-dealkylation sites (N-methyl/N-ethyl adjacent to an activating group) is 1. The maximum atomic E-state index is 5.43. The van der Waals surface area contributed by atoms with Crippen LogP contribution >= 0.6 is 15.9 Å². The third-order valence-corrected chi connectivity index (χ3v) is 3.98. The van der Waals surface area contributed by atoms with Gasteiger partial charge in [0, 0.05) is 12.1 Å². The molecule has 0 spiro atoms. The van der Waals surface area contributed by atoms with Crippen LogP contribution < -0.4 is 5.32 Å². The quantitative estimate of drug-likeness (QED) is 0.877. The first-order valence-corrected chi connectivity index (χ1v) is 7.41. The summed E-state index contributed by atoms with van der Waals surface area (Å²) >= 11 is 3.61. The van der Waals surface area contributed by atoms with Crippen LogP contribution in [0.5, 0.6) is 0 Å². The van der Waals surface area contributed by atoms with Crippen molar-refractivity contribution in [3.63, 3.8) is 0 Å². The molecular formula is C14H21BrN4O. The summed E-state index contributed by atoms with van der Waals surface area (Å²) in [6.07, 6.45) is 3.58. The van der Waals surface area contributed by atoms with Crippen molar-refractivity contribution in [2.45, 2.75) is 19.5 Å². The molecular weight excluding hydrogens is 320 g/mol. The summed E-state index contributed by atoms with van der Waals surface area (Å²) in [5.41, 5.74) is 2.26. The Kier molecular flexibility index (Phi) is 5.01. The molecule has 0 aliphatic carbocycles. The first-order chi connectivity index (χ1) is 9.54. The van der Waals surface area contributed by atoms with Crippen molar-refractivity contribution in [1.82, 2.24) is 20.0 Å². The van der Waals surface area contributed by atoms with Gasteiger partial charge < -0.3 is 14.6 Å². The lowest BCUT2D eigenvalue weighted by Gasteiger charge is -2.19. The Balaban J connectivity index is 2.34. The molecule has 0 fully saturated rings. The van der Waals surface area contributed by atoms with Crippen molar-refractivity contribution in [3.05, 3.63) is 40.0 Å². The first-order valence-electron chi connectivity index (χ1n) is 6.61. The van der Waals surface area contributed by atoms with E-state index in [1.54, 1.807) is 6.26 Å². The van der Waals surface area contributed by atoms with Gasteiger partial charge in [-0.05, 0) is 50.1 Å². The minimum absolute atomic E-state index is 0.0628. The second-order valence-electron chi connectivity index (χ2n) is 5.06. The van der Waals surface area contributed by atoms with Crippen molar-refractivity contribution in [2.24, 2.45) is 0 Å². The third kappa shape index (κ3) is 3.13. The molecule has 2 rings (SSSR count). The lowest BCUT2D eigenvalue weighted by Crippen LogP contribution is -2.25. The van der Waals surface area contributed by atoms with Crippen molar-refractivity contribution in [2.75, 3.05) is 27.7 Å². The van der Waals surface area contributed by atoms with E-state index in [1.165, 1.54) is 0 Å². The van der Waals surface area contributed by atoms with E-state index in [9.17, 15) is 0 Å². The van der Waals surface area contributed by atoms with E-state index >= 15 is 0 Å². The van der Waals surface area contributed by atoms with Gasteiger partial charge >= 0.3 is 0 Å². The van der Waals surface area contributed by atoms with Gasteiger partial charge in [-0.1, -0.05) is 0 Å². The zero-order chi connectivity index (χ0) is 14.7. The molecule has 1 N–H and O–H groups in total. The number of aryl methyl sites for hydroxylation is 1. The number of nitrogens with one attached hydrogen (secondary N) is 1. The number of hydrogen-bond donors (Lipinski definition) is 1. The molecule has 2 aromatic rings. The van der Waals surface area contributed by atoms with Gasteiger partial charge in [0.15, 0.2) is 0 Å². The predicted octanol–water partition coefficient (Wildman–Crippen LogP) is 2.42. The molecule has 0 amide bonds. The van der Waals surface area contributed by atoms with Crippen LogP contribution in [0.4, 0.5) is 0 Å². The molecule has 5 nitrogen and oxygen atoms in total. The molecule has 20 heavy (non-hydrogen) atoms. The Morgan fingerprint density at radius 2 is 2.25 bits per heavy atom. The van der Waals surface area contributed by atoms with Gasteiger partial charge in [-0.3, -0.25) is 4.68 Å². The Hall–Kier alpha value is -1.11. The van der Waals surface area contributed by atoms with Crippen molar-refractivity contribution in [1.29, 1.82) is 0 Å². The highest BCUT2D eigenvalue weighted by Gasteiger charge is 2.23. The van der Waals surface area contributed by atoms with Crippen LogP contribution in [0.2, 0.25) is 0 Å². The molecule has 110 valence electrons. The topological polar surface area (TPSA) is 46.2 Å². The number of halogens is 1. The van der Waals surface area contributed by atoms with Crippen LogP contribution in [-0.4, -0.2) is 42.4 Å². The largest absolute Gasteiger partial charge is 0.469 e. The van der Waals surface area contributed by atoms with Crippen molar-refractivity contribution < 1.29 is 4.42 Å². The molecule has 0 saturated heterocycles. The Morgan fingerprint density at radius 1 is 1.50 bits per heavy atom. The van der Waals surface area contributed by atoms with E-state index < -0.39 is 0 Å². The van der Waals surface area contributed by atoms with Gasteiger partial charge in [-0.15, -0.1) is 0 Å². The smallest absolute Gasteiger partial charge is 0.105 e. The minimum atomic E-state index is 0.0628. The third-order valence-electron chi connectivity index (χ3n) is 3.36. The molecule has 0 saturated carbocycles. The summed E-state index contributed by atoms with van der Waals surface area (Å²) in [5, 5.41) is 7.82. The number of furan rings is 1. The monoisotopic (exact) mass is 340 g/mol. The first kappa shape index (κ1) is 15.3. The second-order valence-corrected chi connectivity index (χ2v) is 5.91. The van der Waals surface area contributed by atoms with Crippen LogP contribution in [0.3, 0.4) is 0 Å². The number of rotatable bonds is 6. The summed E-state index contributed by atoms with van der Waals surface area (Å²) in [7, 11) is 6.08. The van der Waals surface area contributed by atoms with Gasteiger partial charge in [0.25, 0.3) is 0 Å². The van der Waals surface area contributed by atoms with E-state index in [1.807, 2.05) is 30.9 Å². The van der Waals surface area contributed by atoms with E-state index in [0.717, 1.165) is 34.6 Å². The Labute approximate surface area is 128 Å². The van der Waals surface area contributed by atoms with Crippen LogP contribution in [0, 0.1) is 6.92 Å². The zero-order valence-electron chi connectivity index (χ0n) is 12.4. The highest BCUT2D eigenvalue weighted by molar-refractivity contribution is 9.10. The van der Waals surface area contributed by atoms with Gasteiger partial charge in [0.2, 0.25) is 0 Å². The van der Waals surface area contributed by atoms with Crippen LogP contribution in [-0.2, 0) is 6.54 Å². The standard InChI is InChI=1S/C14H21BrN4O/c1-10-11(5-8-20-10)13(16-2)14-12(15)9-17-19(14)7-6-18(3)4/h5,8-9,13,16H,6-7H2,1-4H3. The van der Waals surface area contributed by atoms with Gasteiger partial charge in [0.05, 0.1) is 35.2 Å². The number of hydrogen-bond acceptors (Lipinski definition) is 4. The Morgan fingerprint density at radius 3 is 2.80 bits per heavy atom. The summed E-state index contributed by atoms with van der Waals surface area (Å²) in [6, 6.07) is 2.07. The lowest BCUT2D eigenvalue weighted by atomic mass is 10.0. The van der Waals surface area contributed by atoms with Gasteiger partial charge in [-0.2, -0.15) is 5.10 Å². The summed E-state index contributed by atoms with van der Waals surface area (Å²) in [5.74, 6) is 0.927. The Bertz CT molecular complexity index is 561. The van der Waals surface area contributed by atoms with E-state index in [4.69, 9.17) is 4.42 Å².